The van der Waals surface area contributed by atoms with Gasteiger partial charge in [0.15, 0.2) is 0 Å². The fourth-order valence-corrected chi connectivity index (χ4v) is 5.10. The molecule has 0 aliphatic heterocycles. The normalized spacial score (nSPS) is 19.8. The second-order valence-electron chi connectivity index (χ2n) is 13.9. The molecule has 0 aliphatic rings. The first-order valence-corrected chi connectivity index (χ1v) is 15.3. The van der Waals surface area contributed by atoms with Crippen LogP contribution in [0.2, 0.25) is 0 Å². The highest BCUT2D eigenvalue weighted by Gasteiger charge is 2.23. The van der Waals surface area contributed by atoms with Gasteiger partial charge in [-0.3, -0.25) is 0 Å². The van der Waals surface area contributed by atoms with E-state index in [1.807, 2.05) is 0 Å². The fourth-order valence-electron chi connectivity index (χ4n) is 5.10. The van der Waals surface area contributed by atoms with Crippen molar-refractivity contribution in [3.05, 3.63) is 0 Å². The van der Waals surface area contributed by atoms with Crippen LogP contribution in [0.25, 0.3) is 0 Å². The first kappa shape index (κ1) is 33.0. The molecule has 0 saturated heterocycles. The van der Waals surface area contributed by atoms with Crippen molar-refractivity contribution in [2.45, 2.75) is 160 Å². The van der Waals surface area contributed by atoms with E-state index in [2.05, 4.69) is 83.1 Å². The topological polar surface area (TPSA) is 0 Å². The van der Waals surface area contributed by atoms with Crippen molar-refractivity contribution >= 4 is 0 Å². The summed E-state index contributed by atoms with van der Waals surface area (Å²) < 4.78 is 0. The Kier molecular flexibility index (Phi) is 17.4. The summed E-state index contributed by atoms with van der Waals surface area (Å²) in [5.41, 5.74) is 0.561. The molecule has 200 valence electrons. The van der Waals surface area contributed by atoms with E-state index in [1.54, 1.807) is 0 Å². The van der Waals surface area contributed by atoms with Gasteiger partial charge in [0, 0.05) is 0 Å². The van der Waals surface area contributed by atoms with Gasteiger partial charge in [0.1, 0.15) is 0 Å². The lowest BCUT2D eigenvalue weighted by molar-refractivity contribution is 0.214. The maximum atomic E-state index is 2.58. The summed E-state index contributed by atoms with van der Waals surface area (Å²) in [6.07, 6.45) is 17.0. The van der Waals surface area contributed by atoms with Crippen LogP contribution in [0.15, 0.2) is 0 Å². The van der Waals surface area contributed by atoms with Gasteiger partial charge in [0.2, 0.25) is 0 Å². The van der Waals surface area contributed by atoms with E-state index in [9.17, 15) is 0 Å². The molecule has 0 aromatic rings. The van der Waals surface area contributed by atoms with E-state index < -0.39 is 0 Å². The number of rotatable bonds is 20. The van der Waals surface area contributed by atoms with Crippen LogP contribution in [0.5, 0.6) is 0 Å². The van der Waals surface area contributed by atoms with Crippen LogP contribution >= 0.6 is 0 Å². The molecule has 33 heavy (non-hydrogen) atoms. The Morgan fingerprint density at radius 3 is 1.30 bits per heavy atom. The molecule has 0 heterocycles. The van der Waals surface area contributed by atoms with Crippen LogP contribution in [0.3, 0.4) is 0 Å². The monoisotopic (exact) mass is 465 g/mol. The van der Waals surface area contributed by atoms with Crippen molar-refractivity contribution in [3.8, 4) is 0 Å². The van der Waals surface area contributed by atoms with Crippen molar-refractivity contribution in [2.24, 2.45) is 52.8 Å². The molecule has 0 rings (SSSR count). The zero-order chi connectivity index (χ0) is 25.6. The molecule has 0 radical (unpaired) electrons. The van der Waals surface area contributed by atoms with Gasteiger partial charge < -0.3 is 0 Å². The molecule has 0 spiro atoms. The Morgan fingerprint density at radius 1 is 0.455 bits per heavy atom. The lowest BCUT2D eigenvalue weighted by Gasteiger charge is -2.31. The second kappa shape index (κ2) is 17.4. The standard InChI is InChI=1S/C33H68/c1-13-33(12,23-14-15-27(6)16-18-29(8)25(2)3)24-22-28(7)17-19-31(10)32(11)21-20-30(9)26(4)5/h25-32H,13-24H2,1-12H3. The first-order valence-electron chi connectivity index (χ1n) is 15.3. The van der Waals surface area contributed by atoms with Crippen LogP contribution in [0.4, 0.5) is 0 Å². The van der Waals surface area contributed by atoms with E-state index in [-0.39, 0.29) is 0 Å². The smallest absolute Gasteiger partial charge is 0.0328 e. The van der Waals surface area contributed by atoms with Crippen molar-refractivity contribution in [1.29, 1.82) is 0 Å². The average Bonchev–Trinajstić information content (AvgIpc) is 2.77. The molecular formula is C33H68. The van der Waals surface area contributed by atoms with E-state index >= 15 is 0 Å². The lowest BCUT2D eigenvalue weighted by Crippen LogP contribution is -2.18. The molecule has 0 aromatic heterocycles. The molecule has 0 aromatic carbocycles. The molecule has 0 amide bonds. The Labute approximate surface area is 212 Å². The predicted molar refractivity (Wildman–Crippen MR) is 154 cm³/mol. The summed E-state index contributed by atoms with van der Waals surface area (Å²) in [5, 5.41) is 0. The number of hydrogen-bond acceptors (Lipinski definition) is 0. The highest BCUT2D eigenvalue weighted by molar-refractivity contribution is 4.75. The molecule has 7 atom stereocenters. The van der Waals surface area contributed by atoms with Gasteiger partial charge >= 0.3 is 0 Å². The summed E-state index contributed by atoms with van der Waals surface area (Å²) in [4.78, 5) is 0. The molecule has 0 heteroatoms. The Bertz CT molecular complexity index is 449. The molecule has 0 saturated carbocycles. The third kappa shape index (κ3) is 15.6. The van der Waals surface area contributed by atoms with Crippen LogP contribution in [0.1, 0.15) is 160 Å². The van der Waals surface area contributed by atoms with Gasteiger partial charge in [-0.25, -0.2) is 0 Å². The predicted octanol–water partition coefficient (Wildman–Crippen LogP) is 11.8. The Hall–Kier alpha value is 0. The third-order valence-electron chi connectivity index (χ3n) is 10.1. The van der Waals surface area contributed by atoms with Gasteiger partial charge in [0.25, 0.3) is 0 Å². The SMILES string of the molecule is CCC(C)(CCCC(C)CCC(C)C(C)C)CCC(C)CCC(C)C(C)CCC(C)C(C)C. The molecule has 0 nitrogen and oxygen atoms in total. The van der Waals surface area contributed by atoms with E-state index in [4.69, 9.17) is 0 Å². The maximum Gasteiger partial charge on any atom is -0.0328 e. The summed E-state index contributed by atoms with van der Waals surface area (Å²) in [7, 11) is 0. The molecule has 0 N–H and O–H groups in total. The highest BCUT2D eigenvalue weighted by Crippen LogP contribution is 2.37. The third-order valence-corrected chi connectivity index (χ3v) is 10.1. The minimum Gasteiger partial charge on any atom is -0.0649 e. The molecule has 0 aliphatic carbocycles. The van der Waals surface area contributed by atoms with E-state index in [1.165, 1.54) is 77.0 Å². The summed E-state index contributed by atoms with van der Waals surface area (Å²) in [6, 6.07) is 0. The maximum absolute atomic E-state index is 2.58. The summed E-state index contributed by atoms with van der Waals surface area (Å²) in [5.74, 6) is 6.96. The second-order valence-corrected chi connectivity index (χ2v) is 13.9. The minimum absolute atomic E-state index is 0.561. The van der Waals surface area contributed by atoms with Gasteiger partial charge in [-0.2, -0.15) is 0 Å². The van der Waals surface area contributed by atoms with Crippen LogP contribution in [0, 0.1) is 52.8 Å². The molecule has 7 unspecified atom stereocenters. The lowest BCUT2D eigenvalue weighted by atomic mass is 9.75. The summed E-state index contributed by atoms with van der Waals surface area (Å²) in [6.45, 7) is 29.4. The zero-order valence-electron chi connectivity index (χ0n) is 25.6. The Morgan fingerprint density at radius 2 is 0.848 bits per heavy atom. The fraction of sp³-hybridized carbons (Fsp3) is 1.00. The van der Waals surface area contributed by atoms with Crippen molar-refractivity contribution in [1.82, 2.24) is 0 Å². The van der Waals surface area contributed by atoms with Gasteiger partial charge in [-0.1, -0.05) is 147 Å². The van der Waals surface area contributed by atoms with Crippen LogP contribution in [-0.2, 0) is 0 Å². The molecular weight excluding hydrogens is 396 g/mol. The van der Waals surface area contributed by atoms with E-state index in [0.717, 1.165) is 47.3 Å². The van der Waals surface area contributed by atoms with Gasteiger partial charge in [0.05, 0.1) is 0 Å². The van der Waals surface area contributed by atoms with Crippen LogP contribution < -0.4 is 0 Å². The quantitative estimate of drug-likeness (QED) is 0.168. The van der Waals surface area contributed by atoms with Gasteiger partial charge in [-0.05, 0) is 65.6 Å². The van der Waals surface area contributed by atoms with E-state index in [0.29, 0.717) is 5.41 Å². The highest BCUT2D eigenvalue weighted by atomic mass is 14.3. The number of hydrogen-bond donors (Lipinski definition) is 0. The molecule has 0 fully saturated rings. The van der Waals surface area contributed by atoms with Crippen molar-refractivity contribution < 1.29 is 0 Å². The van der Waals surface area contributed by atoms with Crippen molar-refractivity contribution in [2.75, 3.05) is 0 Å². The summed E-state index contributed by atoms with van der Waals surface area (Å²) >= 11 is 0. The molecule has 0 bridgehead atoms. The zero-order valence-corrected chi connectivity index (χ0v) is 25.6. The minimum atomic E-state index is 0.561. The Balaban J connectivity index is 4.20. The van der Waals surface area contributed by atoms with Gasteiger partial charge in [-0.15, -0.1) is 0 Å². The average molecular weight is 465 g/mol. The van der Waals surface area contributed by atoms with Crippen molar-refractivity contribution in [3.63, 3.8) is 0 Å². The van der Waals surface area contributed by atoms with Crippen LogP contribution in [-0.4, -0.2) is 0 Å². The largest absolute Gasteiger partial charge is 0.0649 e. The first-order chi connectivity index (χ1) is 15.3.